The Morgan fingerprint density at radius 2 is 2.00 bits per heavy atom. The van der Waals surface area contributed by atoms with Crippen molar-refractivity contribution in [3.8, 4) is 0 Å². The summed E-state index contributed by atoms with van der Waals surface area (Å²) >= 11 is 0. The zero-order valence-corrected chi connectivity index (χ0v) is 12.6. The van der Waals surface area contributed by atoms with Crippen molar-refractivity contribution in [2.24, 2.45) is 5.92 Å². The van der Waals surface area contributed by atoms with E-state index in [0.717, 1.165) is 18.4 Å². The molecule has 0 spiro atoms. The monoisotopic (exact) mass is 286 g/mol. The van der Waals surface area contributed by atoms with E-state index in [9.17, 15) is 9.59 Å². The molecule has 0 aromatic heterocycles. The van der Waals surface area contributed by atoms with Gasteiger partial charge in [0, 0.05) is 18.5 Å². The topological polar surface area (TPSA) is 49.4 Å². The van der Waals surface area contributed by atoms with Crippen LogP contribution in [0.4, 0.5) is 0 Å². The van der Waals surface area contributed by atoms with Gasteiger partial charge in [-0.15, -0.1) is 0 Å². The third-order valence-electron chi connectivity index (χ3n) is 3.59. The van der Waals surface area contributed by atoms with Gasteiger partial charge in [0.05, 0.1) is 0 Å². The van der Waals surface area contributed by atoms with Crippen LogP contribution in [0.2, 0.25) is 0 Å². The Hall–Kier alpha value is -2.10. The van der Waals surface area contributed by atoms with Crippen LogP contribution >= 0.6 is 0 Å². The summed E-state index contributed by atoms with van der Waals surface area (Å²) in [5.41, 5.74) is 0.993. The lowest BCUT2D eigenvalue weighted by molar-refractivity contribution is -0.130. The Morgan fingerprint density at radius 1 is 1.29 bits per heavy atom. The molecule has 2 rings (SSSR count). The molecule has 1 heterocycles. The Balaban J connectivity index is 1.97. The molecule has 2 amide bonds. The van der Waals surface area contributed by atoms with Crippen LogP contribution < -0.4 is 5.32 Å². The van der Waals surface area contributed by atoms with E-state index < -0.39 is 0 Å². The van der Waals surface area contributed by atoms with E-state index in [0.29, 0.717) is 6.54 Å². The van der Waals surface area contributed by atoms with Crippen LogP contribution in [0.25, 0.3) is 6.08 Å². The van der Waals surface area contributed by atoms with Crippen LogP contribution in [0.1, 0.15) is 32.3 Å². The number of nitrogens with zero attached hydrogens (tertiary/aromatic N) is 1. The van der Waals surface area contributed by atoms with Gasteiger partial charge in [0.15, 0.2) is 0 Å². The number of nitrogens with one attached hydrogen (secondary N) is 1. The fraction of sp³-hybridized carbons (Fsp3) is 0.412. The molecule has 112 valence electrons. The Bertz CT molecular complexity index is 523. The number of hydrogen-bond donors (Lipinski definition) is 1. The predicted octanol–water partition coefficient (Wildman–Crippen LogP) is 2.42. The van der Waals surface area contributed by atoms with Gasteiger partial charge in [-0.2, -0.15) is 0 Å². The van der Waals surface area contributed by atoms with Crippen molar-refractivity contribution in [2.45, 2.75) is 32.9 Å². The van der Waals surface area contributed by atoms with Gasteiger partial charge in [0.25, 0.3) is 0 Å². The van der Waals surface area contributed by atoms with Gasteiger partial charge in [-0.1, -0.05) is 44.2 Å². The Labute approximate surface area is 125 Å². The molecule has 1 atom stereocenters. The number of carbonyl (C=O) groups excluding carboxylic acids is 2. The summed E-state index contributed by atoms with van der Waals surface area (Å²) in [6, 6.07) is 9.71. The number of hydrogen-bond acceptors (Lipinski definition) is 2. The SMILES string of the molecule is CC(C)C(=O)N[C@@H]1CCCN1C(=O)C=Cc1ccccc1. The van der Waals surface area contributed by atoms with E-state index in [4.69, 9.17) is 0 Å². The highest BCUT2D eigenvalue weighted by Crippen LogP contribution is 2.16. The summed E-state index contributed by atoms with van der Waals surface area (Å²) in [7, 11) is 0. The minimum Gasteiger partial charge on any atom is -0.336 e. The number of rotatable bonds is 4. The molecule has 1 aromatic rings. The van der Waals surface area contributed by atoms with Crippen LogP contribution in [-0.4, -0.2) is 29.4 Å². The smallest absolute Gasteiger partial charge is 0.248 e. The fourth-order valence-electron chi connectivity index (χ4n) is 2.34. The van der Waals surface area contributed by atoms with Crippen LogP contribution in [0, 0.1) is 5.92 Å². The second-order valence-corrected chi connectivity index (χ2v) is 5.60. The lowest BCUT2D eigenvalue weighted by atomic mass is 10.2. The van der Waals surface area contributed by atoms with E-state index in [1.54, 1.807) is 11.0 Å². The summed E-state index contributed by atoms with van der Waals surface area (Å²) in [6.07, 6.45) is 4.96. The summed E-state index contributed by atoms with van der Waals surface area (Å²) < 4.78 is 0. The van der Waals surface area contributed by atoms with Gasteiger partial charge >= 0.3 is 0 Å². The van der Waals surface area contributed by atoms with E-state index in [1.807, 2.05) is 50.3 Å². The molecule has 1 saturated heterocycles. The molecule has 1 aromatic carbocycles. The van der Waals surface area contributed by atoms with E-state index in [-0.39, 0.29) is 23.9 Å². The fourth-order valence-corrected chi connectivity index (χ4v) is 2.34. The first-order valence-electron chi connectivity index (χ1n) is 7.42. The molecule has 0 aliphatic carbocycles. The predicted molar refractivity (Wildman–Crippen MR) is 83.2 cm³/mol. The average molecular weight is 286 g/mol. The van der Waals surface area contributed by atoms with Gasteiger partial charge in [0.1, 0.15) is 6.17 Å². The Kier molecular flexibility index (Phi) is 5.14. The number of benzene rings is 1. The average Bonchev–Trinajstić information content (AvgIpc) is 2.94. The highest BCUT2D eigenvalue weighted by atomic mass is 16.2. The second-order valence-electron chi connectivity index (χ2n) is 5.60. The van der Waals surface area contributed by atoms with E-state index in [1.165, 1.54) is 0 Å². The number of amides is 2. The molecule has 1 N–H and O–H groups in total. The molecule has 0 bridgehead atoms. The first kappa shape index (κ1) is 15.3. The second kappa shape index (κ2) is 7.07. The maximum absolute atomic E-state index is 12.3. The molecule has 0 radical (unpaired) electrons. The Morgan fingerprint density at radius 3 is 2.67 bits per heavy atom. The third kappa shape index (κ3) is 4.18. The minimum atomic E-state index is -0.173. The van der Waals surface area contributed by atoms with Gasteiger partial charge < -0.3 is 10.2 Å². The quantitative estimate of drug-likeness (QED) is 0.864. The van der Waals surface area contributed by atoms with Crippen molar-refractivity contribution in [1.29, 1.82) is 0 Å². The first-order valence-corrected chi connectivity index (χ1v) is 7.42. The van der Waals surface area contributed by atoms with Crippen LogP contribution in [0.3, 0.4) is 0 Å². The van der Waals surface area contributed by atoms with Crippen LogP contribution in [0.5, 0.6) is 0 Å². The molecule has 4 nitrogen and oxygen atoms in total. The van der Waals surface area contributed by atoms with Gasteiger partial charge in [-0.3, -0.25) is 9.59 Å². The van der Waals surface area contributed by atoms with Gasteiger partial charge in [0.2, 0.25) is 11.8 Å². The van der Waals surface area contributed by atoms with E-state index in [2.05, 4.69) is 5.32 Å². The maximum atomic E-state index is 12.3. The van der Waals surface area contributed by atoms with Crippen molar-refractivity contribution in [1.82, 2.24) is 10.2 Å². The minimum absolute atomic E-state index is 0.00765. The zero-order valence-electron chi connectivity index (χ0n) is 12.6. The molecule has 1 fully saturated rings. The lowest BCUT2D eigenvalue weighted by Crippen LogP contribution is -2.47. The van der Waals surface area contributed by atoms with Crippen LogP contribution in [-0.2, 0) is 9.59 Å². The largest absolute Gasteiger partial charge is 0.336 e. The number of likely N-dealkylation sites (tertiary alicyclic amines) is 1. The third-order valence-corrected chi connectivity index (χ3v) is 3.59. The van der Waals surface area contributed by atoms with Crippen molar-refractivity contribution in [3.05, 3.63) is 42.0 Å². The van der Waals surface area contributed by atoms with Crippen LogP contribution in [0.15, 0.2) is 36.4 Å². The maximum Gasteiger partial charge on any atom is 0.248 e. The lowest BCUT2D eigenvalue weighted by Gasteiger charge is -2.25. The molecule has 1 aliphatic heterocycles. The standard InChI is InChI=1S/C17H22N2O2/c1-13(2)17(21)18-15-9-6-12-19(15)16(20)11-10-14-7-4-3-5-8-14/h3-5,7-8,10-11,13,15H,6,9,12H2,1-2H3,(H,18,21)/t15-/m0/s1. The van der Waals surface area contributed by atoms with E-state index >= 15 is 0 Å². The molecular formula is C17H22N2O2. The molecule has 0 unspecified atom stereocenters. The molecule has 0 saturated carbocycles. The van der Waals surface area contributed by atoms with Crippen molar-refractivity contribution < 1.29 is 9.59 Å². The molecule has 1 aliphatic rings. The highest BCUT2D eigenvalue weighted by Gasteiger charge is 2.29. The normalized spacial score (nSPS) is 18.4. The molecule has 21 heavy (non-hydrogen) atoms. The van der Waals surface area contributed by atoms with Gasteiger partial charge in [-0.05, 0) is 24.5 Å². The van der Waals surface area contributed by atoms with Gasteiger partial charge in [-0.25, -0.2) is 0 Å². The summed E-state index contributed by atoms with van der Waals surface area (Å²) in [4.78, 5) is 25.8. The molecule has 4 heteroatoms. The number of carbonyl (C=O) groups is 2. The highest BCUT2D eigenvalue weighted by molar-refractivity contribution is 5.92. The summed E-state index contributed by atoms with van der Waals surface area (Å²) in [5.74, 6) is -0.125. The first-order chi connectivity index (χ1) is 10.1. The van der Waals surface area contributed by atoms with Crippen molar-refractivity contribution in [2.75, 3.05) is 6.54 Å². The zero-order chi connectivity index (χ0) is 15.2. The summed E-state index contributed by atoms with van der Waals surface area (Å²) in [5, 5.41) is 2.94. The van der Waals surface area contributed by atoms with Crippen molar-refractivity contribution >= 4 is 17.9 Å². The van der Waals surface area contributed by atoms with Crippen molar-refractivity contribution in [3.63, 3.8) is 0 Å². The molecular weight excluding hydrogens is 264 g/mol. The summed E-state index contributed by atoms with van der Waals surface area (Å²) in [6.45, 7) is 4.40.